The van der Waals surface area contributed by atoms with Crippen LogP contribution in [0.15, 0.2) is 29.4 Å². The molecule has 1 amide bonds. The van der Waals surface area contributed by atoms with Crippen LogP contribution in [0.1, 0.15) is 23.8 Å². The van der Waals surface area contributed by atoms with Crippen molar-refractivity contribution < 1.29 is 4.79 Å². The van der Waals surface area contributed by atoms with Crippen LogP contribution in [0.4, 0.5) is 0 Å². The Hall–Kier alpha value is -1.03. The van der Waals surface area contributed by atoms with Crippen LogP contribution in [-0.4, -0.2) is 17.0 Å². The number of hydrogen-bond acceptors (Lipinski definition) is 1. The molecule has 0 atom stereocenters. The van der Waals surface area contributed by atoms with E-state index in [2.05, 4.69) is 34.7 Å². The Morgan fingerprint density at radius 3 is 3.07 bits per heavy atom. The zero-order valence-corrected chi connectivity index (χ0v) is 10.4. The van der Waals surface area contributed by atoms with Gasteiger partial charge in [-0.05, 0) is 28.4 Å². The number of nitrogens with zero attached hydrogens (tertiary/aromatic N) is 1. The Morgan fingerprint density at radius 2 is 2.47 bits per heavy atom. The van der Waals surface area contributed by atoms with E-state index in [1.54, 1.807) is 6.08 Å². The molecule has 3 nitrogen and oxygen atoms in total. The van der Waals surface area contributed by atoms with Crippen LogP contribution in [0.5, 0.6) is 0 Å². The fraction of sp³-hybridized carbons (Fsp3) is 0.364. The molecule has 0 aliphatic carbocycles. The maximum Gasteiger partial charge on any atom is 0.268 e. The Kier molecular flexibility index (Phi) is 4.62. The molecule has 0 fully saturated rings. The van der Waals surface area contributed by atoms with Crippen LogP contribution in [0.3, 0.4) is 0 Å². The van der Waals surface area contributed by atoms with E-state index in [-0.39, 0.29) is 5.91 Å². The lowest BCUT2D eigenvalue weighted by molar-refractivity contribution is 0.0948. The molecular formula is C11H15BrN2O. The minimum atomic E-state index is -0.0611. The molecule has 0 saturated heterocycles. The molecule has 0 saturated carbocycles. The van der Waals surface area contributed by atoms with Crippen molar-refractivity contribution in [3.05, 3.63) is 35.1 Å². The van der Waals surface area contributed by atoms with Gasteiger partial charge < -0.3 is 9.88 Å². The smallest absolute Gasteiger partial charge is 0.268 e. The van der Waals surface area contributed by atoms with Crippen LogP contribution in [0, 0.1) is 0 Å². The fourth-order valence-corrected chi connectivity index (χ4v) is 1.81. The average molecular weight is 271 g/mol. The second-order valence-electron chi connectivity index (χ2n) is 3.24. The normalized spacial score (nSPS) is 10.0. The Bertz CT molecular complexity index is 357. The third-order valence-corrected chi connectivity index (χ3v) is 2.40. The van der Waals surface area contributed by atoms with Crippen molar-refractivity contribution in [2.75, 3.05) is 6.54 Å². The highest BCUT2D eigenvalue weighted by atomic mass is 79.9. The van der Waals surface area contributed by atoms with Gasteiger partial charge in [0.2, 0.25) is 0 Å². The summed E-state index contributed by atoms with van der Waals surface area (Å²) in [7, 11) is 0. The predicted molar refractivity (Wildman–Crippen MR) is 65.0 cm³/mol. The third-order valence-electron chi connectivity index (χ3n) is 1.97. The van der Waals surface area contributed by atoms with Gasteiger partial charge in [-0.25, -0.2) is 0 Å². The van der Waals surface area contributed by atoms with Gasteiger partial charge in [0.15, 0.2) is 0 Å². The van der Waals surface area contributed by atoms with Gasteiger partial charge >= 0.3 is 0 Å². The zero-order valence-electron chi connectivity index (χ0n) is 8.79. The van der Waals surface area contributed by atoms with Crippen LogP contribution < -0.4 is 5.32 Å². The van der Waals surface area contributed by atoms with Gasteiger partial charge in [0.1, 0.15) is 5.69 Å². The van der Waals surface area contributed by atoms with Crippen molar-refractivity contribution in [1.82, 2.24) is 9.88 Å². The van der Waals surface area contributed by atoms with Crippen molar-refractivity contribution in [3.63, 3.8) is 0 Å². The summed E-state index contributed by atoms with van der Waals surface area (Å²) < 4.78 is 2.88. The van der Waals surface area contributed by atoms with Crippen molar-refractivity contribution in [1.29, 1.82) is 0 Å². The van der Waals surface area contributed by atoms with Crippen molar-refractivity contribution in [2.24, 2.45) is 0 Å². The second kappa shape index (κ2) is 5.75. The molecule has 4 heteroatoms. The SMILES string of the molecule is C=CCNC(=O)c1cc(Br)cn1CCC. The van der Waals surface area contributed by atoms with Crippen LogP contribution in [0.2, 0.25) is 0 Å². The predicted octanol–water partition coefficient (Wildman–Crippen LogP) is 2.58. The number of amides is 1. The van der Waals surface area contributed by atoms with Gasteiger partial charge in [-0.15, -0.1) is 6.58 Å². The number of rotatable bonds is 5. The van der Waals surface area contributed by atoms with E-state index in [0.29, 0.717) is 12.2 Å². The molecule has 1 N–H and O–H groups in total. The molecule has 82 valence electrons. The lowest BCUT2D eigenvalue weighted by Gasteiger charge is -2.06. The summed E-state index contributed by atoms with van der Waals surface area (Å²) >= 11 is 3.37. The zero-order chi connectivity index (χ0) is 11.3. The van der Waals surface area contributed by atoms with Gasteiger partial charge in [-0.2, -0.15) is 0 Å². The average Bonchev–Trinajstić information content (AvgIpc) is 2.57. The minimum absolute atomic E-state index is 0.0611. The lowest BCUT2D eigenvalue weighted by Crippen LogP contribution is -2.25. The van der Waals surface area contributed by atoms with E-state index in [0.717, 1.165) is 17.4 Å². The number of aromatic nitrogens is 1. The molecule has 0 aliphatic heterocycles. The summed E-state index contributed by atoms with van der Waals surface area (Å²) in [6.07, 6.45) is 4.59. The molecule has 1 aromatic rings. The topological polar surface area (TPSA) is 34.0 Å². The Morgan fingerprint density at radius 1 is 1.73 bits per heavy atom. The van der Waals surface area contributed by atoms with E-state index in [4.69, 9.17) is 0 Å². The van der Waals surface area contributed by atoms with E-state index in [1.165, 1.54) is 0 Å². The van der Waals surface area contributed by atoms with Gasteiger partial charge in [-0.1, -0.05) is 13.0 Å². The Labute approximate surface area is 98.3 Å². The van der Waals surface area contributed by atoms with Crippen molar-refractivity contribution >= 4 is 21.8 Å². The first-order valence-electron chi connectivity index (χ1n) is 4.93. The summed E-state index contributed by atoms with van der Waals surface area (Å²) in [4.78, 5) is 11.7. The molecule has 0 aromatic carbocycles. The molecule has 1 heterocycles. The molecule has 0 bridgehead atoms. The van der Waals surface area contributed by atoms with Crippen molar-refractivity contribution in [3.8, 4) is 0 Å². The molecule has 15 heavy (non-hydrogen) atoms. The van der Waals surface area contributed by atoms with Gasteiger partial charge in [0.05, 0.1) is 0 Å². The van der Waals surface area contributed by atoms with Gasteiger partial charge in [-0.3, -0.25) is 4.79 Å². The number of halogens is 1. The van der Waals surface area contributed by atoms with Crippen LogP contribution in [0.25, 0.3) is 0 Å². The van der Waals surface area contributed by atoms with Gasteiger partial charge in [0.25, 0.3) is 5.91 Å². The maximum atomic E-state index is 11.7. The summed E-state index contributed by atoms with van der Waals surface area (Å²) in [5.41, 5.74) is 0.686. The summed E-state index contributed by atoms with van der Waals surface area (Å²) in [6, 6.07) is 1.83. The third kappa shape index (κ3) is 3.23. The molecule has 1 aromatic heterocycles. The Balaban J connectivity index is 2.81. The highest BCUT2D eigenvalue weighted by molar-refractivity contribution is 9.10. The molecule has 0 spiro atoms. The van der Waals surface area contributed by atoms with Crippen LogP contribution in [-0.2, 0) is 6.54 Å². The monoisotopic (exact) mass is 270 g/mol. The standard InChI is InChI=1S/C11H15BrN2O/c1-3-5-13-11(15)10-7-9(12)8-14(10)6-4-2/h3,7-8H,1,4-6H2,2H3,(H,13,15). The number of carbonyl (C=O) groups is 1. The largest absolute Gasteiger partial charge is 0.347 e. The molecule has 0 radical (unpaired) electrons. The van der Waals surface area contributed by atoms with Crippen molar-refractivity contribution in [2.45, 2.75) is 19.9 Å². The molecule has 0 aliphatic rings. The van der Waals surface area contributed by atoms with E-state index in [1.807, 2.05) is 16.8 Å². The first kappa shape index (κ1) is 12.0. The quantitative estimate of drug-likeness (QED) is 0.820. The minimum Gasteiger partial charge on any atom is -0.347 e. The molecule has 0 unspecified atom stereocenters. The highest BCUT2D eigenvalue weighted by Crippen LogP contribution is 2.15. The number of hydrogen-bond donors (Lipinski definition) is 1. The van der Waals surface area contributed by atoms with Crippen LogP contribution >= 0.6 is 15.9 Å². The van der Waals surface area contributed by atoms with E-state index >= 15 is 0 Å². The second-order valence-corrected chi connectivity index (χ2v) is 4.15. The van der Waals surface area contributed by atoms with E-state index < -0.39 is 0 Å². The number of carbonyl (C=O) groups excluding carboxylic acids is 1. The van der Waals surface area contributed by atoms with Gasteiger partial charge in [0, 0.05) is 23.8 Å². The molecule has 1 rings (SSSR count). The fourth-order valence-electron chi connectivity index (χ4n) is 1.35. The molecular weight excluding hydrogens is 256 g/mol. The summed E-state index contributed by atoms with van der Waals surface area (Å²) in [5.74, 6) is -0.0611. The number of aryl methyl sites for hydroxylation is 1. The first-order valence-corrected chi connectivity index (χ1v) is 5.73. The number of nitrogens with one attached hydrogen (secondary N) is 1. The first-order chi connectivity index (χ1) is 7.19. The highest BCUT2D eigenvalue weighted by Gasteiger charge is 2.11. The summed E-state index contributed by atoms with van der Waals surface area (Å²) in [6.45, 7) is 6.99. The lowest BCUT2D eigenvalue weighted by atomic mass is 10.3. The maximum absolute atomic E-state index is 11.7. The van der Waals surface area contributed by atoms with E-state index in [9.17, 15) is 4.79 Å². The summed E-state index contributed by atoms with van der Waals surface area (Å²) in [5, 5.41) is 2.76.